The van der Waals surface area contributed by atoms with E-state index in [1.54, 1.807) is 12.3 Å². The Bertz CT molecular complexity index is 545. The van der Waals surface area contributed by atoms with E-state index in [1.807, 2.05) is 13.0 Å². The minimum atomic E-state index is -0.774. The zero-order valence-corrected chi connectivity index (χ0v) is 12.7. The second kappa shape index (κ2) is 6.26. The normalized spacial score (nSPS) is 17.0. The van der Waals surface area contributed by atoms with Crippen molar-refractivity contribution in [3.8, 4) is 0 Å². The molecule has 1 heterocycles. The Morgan fingerprint density at radius 1 is 1.45 bits per heavy atom. The average Bonchev–Trinajstić information content (AvgIpc) is 2.37. The molecular formula is C14H21N3O2S. The first-order valence-corrected chi connectivity index (χ1v) is 8.47. The van der Waals surface area contributed by atoms with E-state index in [2.05, 4.69) is 10.6 Å². The first kappa shape index (κ1) is 14.8. The first-order valence-electron chi connectivity index (χ1n) is 6.74. The van der Waals surface area contributed by atoms with Gasteiger partial charge in [-0.1, -0.05) is 0 Å². The number of amides is 1. The lowest BCUT2D eigenvalue weighted by Gasteiger charge is -2.22. The molecule has 1 aliphatic heterocycles. The molecule has 1 amide bonds. The summed E-state index contributed by atoms with van der Waals surface area (Å²) in [5.41, 5.74) is 9.44. The van der Waals surface area contributed by atoms with E-state index < -0.39 is 10.8 Å². The summed E-state index contributed by atoms with van der Waals surface area (Å²) in [6, 6.07) is 4.01. The van der Waals surface area contributed by atoms with Gasteiger partial charge in [0.2, 0.25) is 5.91 Å². The Morgan fingerprint density at radius 2 is 2.20 bits per heavy atom. The fourth-order valence-corrected chi connectivity index (χ4v) is 2.94. The number of hydrogen-bond acceptors (Lipinski definition) is 4. The molecule has 2 unspecified atom stereocenters. The fraction of sp³-hybridized carbons (Fsp3) is 0.500. The zero-order valence-electron chi connectivity index (χ0n) is 11.9. The van der Waals surface area contributed by atoms with Gasteiger partial charge in [-0.05, 0) is 37.5 Å². The van der Waals surface area contributed by atoms with Crippen LogP contribution in [0.1, 0.15) is 25.3 Å². The van der Waals surface area contributed by atoms with Crippen LogP contribution < -0.4 is 16.4 Å². The van der Waals surface area contributed by atoms with Crippen molar-refractivity contribution < 1.29 is 9.00 Å². The summed E-state index contributed by atoms with van der Waals surface area (Å²) in [5, 5.41) is 6.19. The van der Waals surface area contributed by atoms with Crippen LogP contribution in [0, 0.1) is 0 Å². The molecule has 0 fully saturated rings. The summed E-state index contributed by atoms with van der Waals surface area (Å²) in [7, 11) is -0.774. The van der Waals surface area contributed by atoms with Gasteiger partial charge in [0.25, 0.3) is 0 Å². The van der Waals surface area contributed by atoms with Crippen LogP contribution >= 0.6 is 0 Å². The van der Waals surface area contributed by atoms with Gasteiger partial charge in [0.05, 0.1) is 11.4 Å². The van der Waals surface area contributed by atoms with Crippen LogP contribution in [0.3, 0.4) is 0 Å². The molecule has 6 heteroatoms. The van der Waals surface area contributed by atoms with Crippen LogP contribution in [-0.4, -0.2) is 28.2 Å². The Kier molecular flexibility index (Phi) is 4.65. The van der Waals surface area contributed by atoms with Gasteiger partial charge in [-0.15, -0.1) is 0 Å². The van der Waals surface area contributed by atoms with Crippen LogP contribution in [0.25, 0.3) is 0 Å². The summed E-state index contributed by atoms with van der Waals surface area (Å²) < 4.78 is 11.1. The Morgan fingerprint density at radius 3 is 2.90 bits per heavy atom. The van der Waals surface area contributed by atoms with Crippen molar-refractivity contribution >= 4 is 33.8 Å². The van der Waals surface area contributed by atoms with Crippen LogP contribution in [0.4, 0.5) is 17.1 Å². The molecule has 1 aromatic rings. The summed E-state index contributed by atoms with van der Waals surface area (Å²) in [5.74, 6) is 0.714. The highest BCUT2D eigenvalue weighted by Gasteiger charge is 2.17. The highest BCUT2D eigenvalue weighted by atomic mass is 32.2. The number of nitrogens with two attached hydrogens (primary N) is 1. The largest absolute Gasteiger partial charge is 0.397 e. The number of aryl methyl sites for hydroxylation is 1. The lowest BCUT2D eigenvalue weighted by atomic mass is 10.0. The number of hydrogen-bond donors (Lipinski definition) is 3. The van der Waals surface area contributed by atoms with Gasteiger partial charge < -0.3 is 16.4 Å². The van der Waals surface area contributed by atoms with Crippen molar-refractivity contribution in [2.24, 2.45) is 0 Å². The van der Waals surface area contributed by atoms with Gasteiger partial charge in [0.1, 0.15) is 0 Å². The third-order valence-corrected chi connectivity index (χ3v) is 4.22. The second-order valence-corrected chi connectivity index (χ2v) is 6.81. The van der Waals surface area contributed by atoms with Crippen molar-refractivity contribution in [2.45, 2.75) is 32.2 Å². The Hall–Kier alpha value is -1.56. The maximum Gasteiger partial charge on any atom is 0.224 e. The molecule has 0 aromatic heterocycles. The van der Waals surface area contributed by atoms with Crippen molar-refractivity contribution in [3.63, 3.8) is 0 Å². The lowest BCUT2D eigenvalue weighted by molar-refractivity contribution is -0.116. The predicted octanol–water partition coefficient (Wildman–Crippen LogP) is 1.72. The van der Waals surface area contributed by atoms with E-state index in [1.165, 1.54) is 0 Å². The predicted molar refractivity (Wildman–Crippen MR) is 84.4 cm³/mol. The highest BCUT2D eigenvalue weighted by molar-refractivity contribution is 7.84. The minimum Gasteiger partial charge on any atom is -0.397 e. The number of carbonyl (C=O) groups is 1. The first-order chi connectivity index (χ1) is 9.45. The van der Waals surface area contributed by atoms with Gasteiger partial charge in [0.15, 0.2) is 0 Å². The molecule has 110 valence electrons. The summed E-state index contributed by atoms with van der Waals surface area (Å²) in [4.78, 5) is 11.4. The number of benzene rings is 1. The van der Waals surface area contributed by atoms with E-state index >= 15 is 0 Å². The highest BCUT2D eigenvalue weighted by Crippen LogP contribution is 2.31. The number of fused-ring (bicyclic) bond motifs is 1. The number of nitrogen functional groups attached to an aromatic ring is 1. The van der Waals surface area contributed by atoms with Crippen molar-refractivity contribution in [1.82, 2.24) is 0 Å². The van der Waals surface area contributed by atoms with E-state index in [4.69, 9.17) is 5.73 Å². The average molecular weight is 295 g/mol. The van der Waals surface area contributed by atoms with Crippen LogP contribution in [0.5, 0.6) is 0 Å². The quantitative estimate of drug-likeness (QED) is 0.722. The standard InChI is InChI=1S/C14H21N3O2S/c1-9(5-6-20(2)19)16-13-7-10-3-4-14(18)17-12(10)8-11(13)15/h7-9,16H,3-6,15H2,1-2H3,(H,17,18). The molecule has 4 N–H and O–H groups in total. The molecule has 2 atom stereocenters. The molecule has 1 aliphatic rings. The van der Waals surface area contributed by atoms with E-state index in [-0.39, 0.29) is 11.9 Å². The number of rotatable bonds is 5. The smallest absolute Gasteiger partial charge is 0.224 e. The number of anilines is 3. The summed E-state index contributed by atoms with van der Waals surface area (Å²) in [6.07, 6.45) is 3.79. The van der Waals surface area contributed by atoms with Gasteiger partial charge in [-0.25, -0.2) is 0 Å². The maximum atomic E-state index is 11.4. The molecular weight excluding hydrogens is 274 g/mol. The van der Waals surface area contributed by atoms with Gasteiger partial charge in [-0.2, -0.15) is 0 Å². The van der Waals surface area contributed by atoms with Crippen molar-refractivity contribution in [3.05, 3.63) is 17.7 Å². The molecule has 0 bridgehead atoms. The lowest BCUT2D eigenvalue weighted by Crippen LogP contribution is -2.21. The molecule has 0 saturated heterocycles. The Labute approximate surface area is 121 Å². The van der Waals surface area contributed by atoms with E-state index in [0.29, 0.717) is 17.9 Å². The molecule has 2 rings (SSSR count). The molecule has 0 spiro atoms. The third kappa shape index (κ3) is 3.72. The molecule has 1 aromatic carbocycles. The summed E-state index contributed by atoms with van der Waals surface area (Å²) in [6.45, 7) is 2.05. The van der Waals surface area contributed by atoms with Gasteiger partial charge >= 0.3 is 0 Å². The zero-order chi connectivity index (χ0) is 14.7. The van der Waals surface area contributed by atoms with Crippen LogP contribution in [0.15, 0.2) is 12.1 Å². The van der Waals surface area contributed by atoms with Crippen LogP contribution in [0.2, 0.25) is 0 Å². The van der Waals surface area contributed by atoms with E-state index in [9.17, 15) is 9.00 Å². The summed E-state index contributed by atoms with van der Waals surface area (Å²) >= 11 is 0. The fourth-order valence-electron chi connectivity index (χ4n) is 2.25. The van der Waals surface area contributed by atoms with Crippen LogP contribution in [-0.2, 0) is 22.0 Å². The number of carbonyl (C=O) groups excluding carboxylic acids is 1. The SMILES string of the molecule is CC(CCS(C)=O)Nc1cc2c(cc1N)NC(=O)CC2. The molecule has 0 radical (unpaired) electrons. The van der Waals surface area contributed by atoms with Gasteiger partial charge in [-0.3, -0.25) is 9.00 Å². The number of nitrogens with one attached hydrogen (secondary N) is 2. The third-order valence-electron chi connectivity index (χ3n) is 3.41. The molecule has 20 heavy (non-hydrogen) atoms. The molecule has 0 saturated carbocycles. The molecule has 0 aliphatic carbocycles. The Balaban J connectivity index is 2.09. The topological polar surface area (TPSA) is 84.2 Å². The van der Waals surface area contributed by atoms with E-state index in [0.717, 1.165) is 29.8 Å². The van der Waals surface area contributed by atoms with Gasteiger partial charge in [0, 0.05) is 41.0 Å². The molecule has 5 nitrogen and oxygen atoms in total. The minimum absolute atomic E-state index is 0.0383. The maximum absolute atomic E-state index is 11.4. The monoisotopic (exact) mass is 295 g/mol. The second-order valence-electron chi connectivity index (χ2n) is 5.26. The van der Waals surface area contributed by atoms with Crippen molar-refractivity contribution in [2.75, 3.05) is 28.4 Å². The van der Waals surface area contributed by atoms with Crippen molar-refractivity contribution in [1.29, 1.82) is 0 Å².